The predicted octanol–water partition coefficient (Wildman–Crippen LogP) is 5.48. The second-order valence-electron chi connectivity index (χ2n) is 5.94. The van der Waals surface area contributed by atoms with Crippen LogP contribution in [-0.2, 0) is 16.0 Å². The molecule has 0 bridgehead atoms. The highest BCUT2D eigenvalue weighted by Crippen LogP contribution is 2.40. The van der Waals surface area contributed by atoms with Gasteiger partial charge in [0, 0.05) is 37.1 Å². The smallest absolute Gasteiger partial charge is 0.293 e. The summed E-state index contributed by atoms with van der Waals surface area (Å²) in [6, 6.07) is 10.8. The van der Waals surface area contributed by atoms with Crippen LogP contribution in [0.4, 0.5) is 0 Å². The van der Waals surface area contributed by atoms with E-state index in [9.17, 15) is 4.79 Å². The summed E-state index contributed by atoms with van der Waals surface area (Å²) in [6.07, 6.45) is 0.728. The largest absolute Gasteiger partial charge is 0.468 e. The zero-order valence-corrected chi connectivity index (χ0v) is 16.8. The summed E-state index contributed by atoms with van der Waals surface area (Å²) in [7, 11) is 0. The topological polar surface area (TPSA) is 52.1 Å². The van der Waals surface area contributed by atoms with E-state index in [2.05, 4.69) is 52.9 Å². The number of rotatable bonds is 6. The molecule has 4 aromatic rings. The fourth-order valence-corrected chi connectivity index (χ4v) is 5.53. The molecule has 0 unspecified atom stereocenters. The monoisotopic (exact) mass is 400 g/mol. The number of fused-ring (bicyclic) bond motifs is 1. The van der Waals surface area contributed by atoms with E-state index in [0.717, 1.165) is 28.6 Å². The minimum absolute atomic E-state index is 0.408. The van der Waals surface area contributed by atoms with Gasteiger partial charge in [-0.2, -0.15) is 8.75 Å². The minimum Gasteiger partial charge on any atom is -0.468 e. The predicted molar refractivity (Wildman–Crippen MR) is 109 cm³/mol. The van der Waals surface area contributed by atoms with E-state index in [1.807, 2.05) is 0 Å². The molecule has 0 radical (unpaired) electrons. The first-order valence-corrected chi connectivity index (χ1v) is 10.5. The Kier molecular flexibility index (Phi) is 4.84. The molecule has 3 aromatic heterocycles. The van der Waals surface area contributed by atoms with Gasteiger partial charge in [-0.05, 0) is 37.6 Å². The number of carbonyl (C=O) groups is 1. The van der Waals surface area contributed by atoms with E-state index in [1.165, 1.54) is 36.8 Å². The van der Waals surface area contributed by atoms with Crippen molar-refractivity contribution in [3.05, 3.63) is 45.6 Å². The summed E-state index contributed by atoms with van der Waals surface area (Å²) in [6.45, 7) is 5.12. The summed E-state index contributed by atoms with van der Waals surface area (Å²) >= 11 is 4.78. The number of nitrogens with zero attached hydrogens (tertiary/aromatic N) is 2. The minimum atomic E-state index is 0.408. The molecular weight excluding hydrogens is 384 g/mol. The fourth-order valence-electron chi connectivity index (χ4n) is 2.96. The number of hydrogen-bond donors (Lipinski definition) is 0. The third-order valence-electron chi connectivity index (χ3n) is 4.26. The normalized spacial score (nSPS) is 11.2. The third-order valence-corrected chi connectivity index (χ3v) is 6.95. The van der Waals surface area contributed by atoms with Crippen LogP contribution in [-0.4, -0.2) is 21.8 Å². The average molecular weight is 401 g/mol. The van der Waals surface area contributed by atoms with Crippen molar-refractivity contribution in [1.29, 1.82) is 0 Å². The Morgan fingerprint density at radius 1 is 1.00 bits per heavy atom. The van der Waals surface area contributed by atoms with Gasteiger partial charge in [0.05, 0.1) is 18.3 Å². The number of carbonyl (C=O) groups excluding carboxylic acids is 1. The van der Waals surface area contributed by atoms with Gasteiger partial charge in [-0.3, -0.25) is 4.79 Å². The van der Waals surface area contributed by atoms with Crippen LogP contribution in [0.25, 0.3) is 31.9 Å². The van der Waals surface area contributed by atoms with Gasteiger partial charge in [-0.1, -0.05) is 12.1 Å². The molecule has 26 heavy (non-hydrogen) atoms. The van der Waals surface area contributed by atoms with Gasteiger partial charge in [0.2, 0.25) is 0 Å². The van der Waals surface area contributed by atoms with Crippen molar-refractivity contribution in [2.45, 2.75) is 20.3 Å². The molecule has 0 aliphatic heterocycles. The van der Waals surface area contributed by atoms with Gasteiger partial charge >= 0.3 is 0 Å². The summed E-state index contributed by atoms with van der Waals surface area (Å²) in [5.41, 5.74) is 5.38. The quantitative estimate of drug-likeness (QED) is 0.318. The molecule has 1 aromatic carbocycles. The second kappa shape index (κ2) is 7.26. The highest BCUT2D eigenvalue weighted by molar-refractivity contribution is 7.16. The number of thiophene rings is 2. The molecule has 0 N–H and O–H groups in total. The Balaban J connectivity index is 1.75. The summed E-state index contributed by atoms with van der Waals surface area (Å²) in [5, 5.41) is 0. The van der Waals surface area contributed by atoms with Crippen molar-refractivity contribution in [3.63, 3.8) is 0 Å². The summed E-state index contributed by atoms with van der Waals surface area (Å²) in [5.74, 6) is 0. The number of ether oxygens (including phenoxy) is 1. The van der Waals surface area contributed by atoms with Crippen molar-refractivity contribution in [2.75, 3.05) is 6.61 Å². The van der Waals surface area contributed by atoms with E-state index in [1.54, 1.807) is 22.7 Å². The zero-order chi connectivity index (χ0) is 18.1. The molecule has 0 saturated heterocycles. The highest BCUT2D eigenvalue weighted by atomic mass is 32.1. The molecule has 0 aliphatic rings. The maximum absolute atomic E-state index is 10.3. The van der Waals surface area contributed by atoms with Crippen LogP contribution in [0.3, 0.4) is 0 Å². The first-order valence-electron chi connectivity index (χ1n) is 8.14. The molecular formula is C19H16N2O2S3. The van der Waals surface area contributed by atoms with Crippen molar-refractivity contribution >= 4 is 51.9 Å². The van der Waals surface area contributed by atoms with Gasteiger partial charge in [-0.25, -0.2) is 0 Å². The van der Waals surface area contributed by atoms with Crippen molar-refractivity contribution < 1.29 is 9.53 Å². The molecule has 0 aliphatic carbocycles. The van der Waals surface area contributed by atoms with E-state index >= 15 is 0 Å². The average Bonchev–Trinajstić information content (AvgIpc) is 3.35. The molecule has 0 fully saturated rings. The maximum atomic E-state index is 10.3. The fraction of sp³-hybridized carbons (Fsp3) is 0.211. The number of hydrogen-bond acceptors (Lipinski definition) is 7. The molecule has 0 saturated carbocycles. The molecule has 3 heterocycles. The van der Waals surface area contributed by atoms with Gasteiger partial charge in [-0.15, -0.1) is 22.7 Å². The number of aryl methyl sites for hydroxylation is 2. The van der Waals surface area contributed by atoms with Crippen LogP contribution in [0.15, 0.2) is 30.3 Å². The van der Waals surface area contributed by atoms with Gasteiger partial charge in [0.25, 0.3) is 6.47 Å². The Bertz CT molecular complexity index is 1080. The van der Waals surface area contributed by atoms with E-state index in [4.69, 9.17) is 4.74 Å². The van der Waals surface area contributed by atoms with Gasteiger partial charge in [0.1, 0.15) is 11.0 Å². The van der Waals surface area contributed by atoms with Crippen molar-refractivity contribution in [1.82, 2.24) is 8.75 Å². The van der Waals surface area contributed by atoms with Crippen LogP contribution in [0.5, 0.6) is 0 Å². The van der Waals surface area contributed by atoms with Crippen LogP contribution >= 0.6 is 34.4 Å². The standard InChI is InChI=1S/C19H16N2O2S3/c1-11-3-6-16(24-11)14-4-5-15(19-18(14)20-26-21-19)17-9-13(12(2)25-17)7-8-23-10-22/h3-6,9-10H,7-8H2,1-2H3. The zero-order valence-electron chi connectivity index (χ0n) is 14.3. The first-order chi connectivity index (χ1) is 12.7. The van der Waals surface area contributed by atoms with Gasteiger partial charge in [0.15, 0.2) is 0 Å². The van der Waals surface area contributed by atoms with Crippen LogP contribution in [0.2, 0.25) is 0 Å². The third kappa shape index (κ3) is 3.18. The Hall–Kier alpha value is -2.09. The lowest BCUT2D eigenvalue weighted by molar-refractivity contribution is -0.128. The van der Waals surface area contributed by atoms with Crippen LogP contribution in [0.1, 0.15) is 15.3 Å². The van der Waals surface area contributed by atoms with Gasteiger partial charge < -0.3 is 4.74 Å². The lowest BCUT2D eigenvalue weighted by atomic mass is 10.0. The van der Waals surface area contributed by atoms with Crippen LogP contribution in [0, 0.1) is 13.8 Å². The molecule has 4 nitrogen and oxygen atoms in total. The molecule has 0 amide bonds. The number of aromatic nitrogens is 2. The summed E-state index contributed by atoms with van der Waals surface area (Å²) in [4.78, 5) is 15.3. The van der Waals surface area contributed by atoms with E-state index in [0.29, 0.717) is 13.1 Å². The first kappa shape index (κ1) is 17.3. The summed E-state index contributed by atoms with van der Waals surface area (Å²) < 4.78 is 14.0. The number of benzene rings is 1. The molecule has 7 heteroatoms. The van der Waals surface area contributed by atoms with Crippen LogP contribution < -0.4 is 0 Å². The molecule has 4 rings (SSSR count). The SMILES string of the molecule is Cc1ccc(-c2ccc(-c3cc(CCOC=O)c(C)s3)c3nsnc23)s1. The van der Waals surface area contributed by atoms with E-state index < -0.39 is 0 Å². The van der Waals surface area contributed by atoms with E-state index in [-0.39, 0.29) is 0 Å². The molecule has 132 valence electrons. The highest BCUT2D eigenvalue weighted by Gasteiger charge is 2.16. The lowest BCUT2D eigenvalue weighted by Gasteiger charge is -2.03. The maximum Gasteiger partial charge on any atom is 0.293 e. The second-order valence-corrected chi connectivity index (χ2v) is 9.01. The van der Waals surface area contributed by atoms with Crippen molar-refractivity contribution in [2.24, 2.45) is 0 Å². The Labute approximate surface area is 163 Å². The molecule has 0 atom stereocenters. The Morgan fingerprint density at radius 3 is 2.38 bits per heavy atom. The van der Waals surface area contributed by atoms with Crippen molar-refractivity contribution in [3.8, 4) is 20.9 Å². The lowest BCUT2D eigenvalue weighted by Crippen LogP contribution is -1.96. The molecule has 0 spiro atoms. The Morgan fingerprint density at radius 2 is 1.73 bits per heavy atom.